The number of piperazine rings is 1. The van der Waals surface area contributed by atoms with Crippen molar-refractivity contribution in [2.75, 3.05) is 26.7 Å². The van der Waals surface area contributed by atoms with E-state index in [1.807, 2.05) is 29.6 Å². The zero-order valence-corrected chi connectivity index (χ0v) is 13.9. The number of aromatic nitrogens is 4. The first-order chi connectivity index (χ1) is 10.6. The molecule has 7 nitrogen and oxygen atoms in total. The van der Waals surface area contributed by atoms with Crippen LogP contribution in [0, 0.1) is 0 Å². The normalized spacial score (nSPS) is 19.6. The van der Waals surface area contributed by atoms with Crippen molar-refractivity contribution >= 4 is 17.4 Å². The Morgan fingerprint density at radius 3 is 2.91 bits per heavy atom. The summed E-state index contributed by atoms with van der Waals surface area (Å²) >= 11 is 1.19. The maximum atomic E-state index is 12.8. The third-order valence-corrected chi connectivity index (χ3v) is 4.93. The zero-order chi connectivity index (χ0) is 15.7. The van der Waals surface area contributed by atoms with Crippen LogP contribution in [0.3, 0.4) is 0 Å². The van der Waals surface area contributed by atoms with Crippen LogP contribution in [0.2, 0.25) is 0 Å². The lowest BCUT2D eigenvalue weighted by Crippen LogP contribution is -2.49. The summed E-state index contributed by atoms with van der Waals surface area (Å²) in [5.41, 5.74) is 0.794. The maximum Gasteiger partial charge on any atom is 0.267 e. The SMILES string of the molecule is CCc1nnsc1C(=O)N1CCN(C)C(c2nccn2C)C1. The van der Waals surface area contributed by atoms with Gasteiger partial charge in [-0.1, -0.05) is 11.4 Å². The Kier molecular flexibility index (Phi) is 4.21. The van der Waals surface area contributed by atoms with Crippen molar-refractivity contribution in [3.05, 3.63) is 28.8 Å². The number of carbonyl (C=O) groups excluding carboxylic acids is 1. The molecule has 22 heavy (non-hydrogen) atoms. The van der Waals surface area contributed by atoms with E-state index in [9.17, 15) is 4.79 Å². The van der Waals surface area contributed by atoms with Crippen LogP contribution in [0.5, 0.6) is 0 Å². The summed E-state index contributed by atoms with van der Waals surface area (Å²) in [5.74, 6) is 1.03. The van der Waals surface area contributed by atoms with Gasteiger partial charge in [0, 0.05) is 39.1 Å². The van der Waals surface area contributed by atoms with Crippen molar-refractivity contribution in [3.63, 3.8) is 0 Å². The zero-order valence-electron chi connectivity index (χ0n) is 13.1. The molecular weight excluding hydrogens is 300 g/mol. The van der Waals surface area contributed by atoms with E-state index in [2.05, 4.69) is 26.5 Å². The van der Waals surface area contributed by atoms with Crippen LogP contribution in [-0.4, -0.2) is 61.5 Å². The van der Waals surface area contributed by atoms with Crippen molar-refractivity contribution in [2.24, 2.45) is 7.05 Å². The second-order valence-corrected chi connectivity index (χ2v) is 6.30. The average Bonchev–Trinajstić information content (AvgIpc) is 3.15. The molecule has 118 valence electrons. The van der Waals surface area contributed by atoms with Crippen LogP contribution in [0.4, 0.5) is 0 Å². The lowest BCUT2D eigenvalue weighted by Gasteiger charge is -2.38. The summed E-state index contributed by atoms with van der Waals surface area (Å²) in [6.07, 6.45) is 4.46. The highest BCUT2D eigenvalue weighted by molar-refractivity contribution is 7.08. The van der Waals surface area contributed by atoms with Crippen LogP contribution in [0.15, 0.2) is 12.4 Å². The van der Waals surface area contributed by atoms with Gasteiger partial charge in [0.2, 0.25) is 0 Å². The molecule has 1 aliphatic heterocycles. The van der Waals surface area contributed by atoms with Gasteiger partial charge >= 0.3 is 0 Å². The summed E-state index contributed by atoms with van der Waals surface area (Å²) in [5, 5.41) is 4.04. The quantitative estimate of drug-likeness (QED) is 0.843. The van der Waals surface area contributed by atoms with E-state index in [4.69, 9.17) is 0 Å². The molecule has 1 saturated heterocycles. The second kappa shape index (κ2) is 6.13. The number of carbonyl (C=O) groups is 1. The number of hydrogen-bond donors (Lipinski definition) is 0. The predicted octanol–water partition coefficient (Wildman–Crippen LogP) is 0.963. The Morgan fingerprint density at radius 1 is 1.41 bits per heavy atom. The smallest absolute Gasteiger partial charge is 0.267 e. The molecule has 0 bridgehead atoms. The fourth-order valence-corrected chi connectivity index (χ4v) is 3.50. The van der Waals surface area contributed by atoms with Gasteiger partial charge in [0.1, 0.15) is 10.7 Å². The minimum absolute atomic E-state index is 0.0409. The Bertz CT molecular complexity index is 666. The average molecular weight is 320 g/mol. The molecule has 3 heterocycles. The number of imidazole rings is 1. The van der Waals surface area contributed by atoms with Gasteiger partial charge in [-0.25, -0.2) is 4.98 Å². The molecule has 0 N–H and O–H groups in total. The molecule has 3 rings (SSSR count). The molecule has 1 aliphatic rings. The molecule has 0 spiro atoms. The molecule has 0 aliphatic carbocycles. The number of amides is 1. The van der Waals surface area contributed by atoms with E-state index >= 15 is 0 Å². The first-order valence-corrected chi connectivity index (χ1v) is 8.17. The van der Waals surface area contributed by atoms with Crippen LogP contribution in [-0.2, 0) is 13.5 Å². The molecule has 1 atom stereocenters. The fraction of sp³-hybridized carbons (Fsp3) is 0.571. The van der Waals surface area contributed by atoms with Gasteiger partial charge in [-0.15, -0.1) is 5.10 Å². The van der Waals surface area contributed by atoms with E-state index < -0.39 is 0 Å². The third-order valence-electron chi connectivity index (χ3n) is 4.18. The first kappa shape index (κ1) is 15.1. The molecule has 0 aromatic carbocycles. The predicted molar refractivity (Wildman–Crippen MR) is 83.8 cm³/mol. The summed E-state index contributed by atoms with van der Waals surface area (Å²) in [6, 6.07) is 0.114. The van der Waals surface area contributed by atoms with Crippen LogP contribution >= 0.6 is 11.5 Å². The molecule has 1 amide bonds. The molecule has 0 saturated carbocycles. The van der Waals surface area contributed by atoms with Gasteiger partial charge in [-0.3, -0.25) is 9.69 Å². The highest BCUT2D eigenvalue weighted by Gasteiger charge is 2.32. The van der Waals surface area contributed by atoms with E-state index in [1.54, 1.807) is 6.20 Å². The van der Waals surface area contributed by atoms with Crippen LogP contribution < -0.4 is 0 Å². The molecule has 2 aromatic heterocycles. The van der Waals surface area contributed by atoms with Crippen molar-refractivity contribution in [2.45, 2.75) is 19.4 Å². The topological polar surface area (TPSA) is 67.2 Å². The maximum absolute atomic E-state index is 12.8. The first-order valence-electron chi connectivity index (χ1n) is 7.39. The van der Waals surface area contributed by atoms with Gasteiger partial charge in [-0.05, 0) is 25.0 Å². The van der Waals surface area contributed by atoms with Crippen molar-refractivity contribution in [1.82, 2.24) is 28.9 Å². The van der Waals surface area contributed by atoms with Gasteiger partial charge in [0.05, 0.1) is 11.7 Å². The number of likely N-dealkylation sites (N-methyl/N-ethyl adjacent to an activating group) is 1. The Hall–Kier alpha value is -1.80. The van der Waals surface area contributed by atoms with Gasteiger partial charge in [-0.2, -0.15) is 0 Å². The monoisotopic (exact) mass is 320 g/mol. The summed E-state index contributed by atoms with van der Waals surface area (Å²) in [6.45, 7) is 4.18. The Balaban J connectivity index is 1.81. The molecular formula is C14H20N6OS. The van der Waals surface area contributed by atoms with E-state index in [0.717, 1.165) is 31.0 Å². The van der Waals surface area contributed by atoms with E-state index in [-0.39, 0.29) is 11.9 Å². The van der Waals surface area contributed by atoms with Crippen molar-refractivity contribution in [1.29, 1.82) is 0 Å². The van der Waals surface area contributed by atoms with E-state index in [1.165, 1.54) is 11.5 Å². The molecule has 0 radical (unpaired) electrons. The van der Waals surface area contributed by atoms with Crippen molar-refractivity contribution < 1.29 is 4.79 Å². The van der Waals surface area contributed by atoms with Crippen LogP contribution in [0.25, 0.3) is 0 Å². The van der Waals surface area contributed by atoms with E-state index in [0.29, 0.717) is 11.4 Å². The third kappa shape index (κ3) is 2.64. The Morgan fingerprint density at radius 2 is 2.23 bits per heavy atom. The largest absolute Gasteiger partial charge is 0.337 e. The molecule has 1 unspecified atom stereocenters. The number of hydrogen-bond acceptors (Lipinski definition) is 6. The number of rotatable bonds is 3. The lowest BCUT2D eigenvalue weighted by atomic mass is 10.1. The minimum atomic E-state index is 0.0409. The van der Waals surface area contributed by atoms with Gasteiger partial charge < -0.3 is 9.47 Å². The Labute approximate surface area is 133 Å². The minimum Gasteiger partial charge on any atom is -0.337 e. The standard InChI is InChI=1S/C14H20N6OS/c1-4-10-12(22-17-16-10)14(21)20-8-7-18(2)11(9-20)13-15-5-6-19(13)3/h5-6,11H,4,7-9H2,1-3H3. The fourth-order valence-electron chi connectivity index (χ4n) is 2.78. The number of aryl methyl sites for hydroxylation is 2. The molecule has 1 fully saturated rings. The summed E-state index contributed by atoms with van der Waals surface area (Å²) < 4.78 is 5.94. The second-order valence-electron chi connectivity index (χ2n) is 5.55. The van der Waals surface area contributed by atoms with Gasteiger partial charge in [0.15, 0.2) is 0 Å². The highest BCUT2D eigenvalue weighted by atomic mass is 32.1. The lowest BCUT2D eigenvalue weighted by molar-refractivity contribution is 0.0532. The highest BCUT2D eigenvalue weighted by Crippen LogP contribution is 2.24. The summed E-state index contributed by atoms with van der Waals surface area (Å²) in [4.78, 5) is 22.0. The molecule has 2 aromatic rings. The number of nitrogens with zero attached hydrogens (tertiary/aromatic N) is 6. The molecule has 8 heteroatoms. The van der Waals surface area contributed by atoms with Crippen molar-refractivity contribution in [3.8, 4) is 0 Å². The van der Waals surface area contributed by atoms with Gasteiger partial charge in [0.25, 0.3) is 5.91 Å². The summed E-state index contributed by atoms with van der Waals surface area (Å²) in [7, 11) is 4.06. The van der Waals surface area contributed by atoms with Crippen LogP contribution in [0.1, 0.15) is 34.2 Å².